The van der Waals surface area contributed by atoms with Crippen LogP contribution in [0.3, 0.4) is 0 Å². The highest BCUT2D eigenvalue weighted by Crippen LogP contribution is 2.39. The van der Waals surface area contributed by atoms with Gasteiger partial charge in [0.1, 0.15) is 0 Å². The predicted octanol–water partition coefficient (Wildman–Crippen LogP) is 10.5. The minimum Gasteiger partial charge on any atom is -0.309 e. The summed E-state index contributed by atoms with van der Waals surface area (Å²) in [6.07, 6.45) is 1.87. The minimum atomic E-state index is 0.621. The molecule has 3 aromatic heterocycles. The summed E-state index contributed by atoms with van der Waals surface area (Å²) in [6.45, 7) is 0. The van der Waals surface area contributed by atoms with E-state index >= 15 is 0 Å². The van der Waals surface area contributed by atoms with E-state index in [1.807, 2.05) is 24.4 Å². The van der Waals surface area contributed by atoms with Crippen LogP contribution in [0.4, 0.5) is 0 Å². The predicted molar refractivity (Wildman–Crippen MR) is 189 cm³/mol. The van der Waals surface area contributed by atoms with Crippen molar-refractivity contribution >= 4 is 43.6 Å². The molecule has 4 heteroatoms. The Morgan fingerprint density at radius 1 is 0.457 bits per heavy atom. The van der Waals surface area contributed by atoms with Gasteiger partial charge in [0.2, 0.25) is 0 Å². The molecule has 0 aliphatic heterocycles. The van der Waals surface area contributed by atoms with Gasteiger partial charge in [0.15, 0.2) is 0 Å². The Labute approximate surface area is 265 Å². The van der Waals surface area contributed by atoms with Crippen LogP contribution >= 0.6 is 0 Å². The number of benzene rings is 6. The molecule has 9 rings (SSSR count). The van der Waals surface area contributed by atoms with Crippen molar-refractivity contribution in [3.8, 4) is 39.8 Å². The molecule has 46 heavy (non-hydrogen) atoms. The molecule has 0 amide bonds. The van der Waals surface area contributed by atoms with E-state index in [4.69, 9.17) is 4.98 Å². The Morgan fingerprint density at radius 3 is 1.54 bits per heavy atom. The van der Waals surface area contributed by atoms with E-state index in [1.54, 1.807) is 0 Å². The second kappa shape index (κ2) is 10.3. The minimum absolute atomic E-state index is 0.621. The van der Waals surface area contributed by atoms with Gasteiger partial charge in [0, 0.05) is 38.9 Å². The van der Waals surface area contributed by atoms with Gasteiger partial charge in [-0.1, -0.05) is 97.1 Å². The number of hydrogen-bond donors (Lipinski definition) is 0. The maximum Gasteiger partial charge on any atom is 0.0992 e. The zero-order chi connectivity index (χ0) is 30.6. The standard InChI is InChI=1S/C42H26N4/c43-27-28-22-23-31(41(25-28)46-38-19-7-3-15-34(38)35-16-4-8-20-39(35)46)29-11-9-12-30(26-29)42-40(21-10-24-44-42)45-36-17-5-1-13-32(36)33-14-2-6-18-37(33)45/h1-26H. The van der Waals surface area contributed by atoms with Crippen LogP contribution in [0.25, 0.3) is 77.4 Å². The normalized spacial score (nSPS) is 11.5. The Bertz CT molecular complexity index is 2560. The highest BCUT2D eigenvalue weighted by Gasteiger charge is 2.19. The van der Waals surface area contributed by atoms with Crippen LogP contribution in [0, 0.1) is 11.3 Å². The number of hydrogen-bond acceptors (Lipinski definition) is 2. The number of nitriles is 1. The zero-order valence-electron chi connectivity index (χ0n) is 24.8. The molecule has 0 saturated carbocycles. The van der Waals surface area contributed by atoms with Crippen LogP contribution in [0.5, 0.6) is 0 Å². The van der Waals surface area contributed by atoms with Gasteiger partial charge in [0.05, 0.1) is 50.8 Å². The van der Waals surface area contributed by atoms with Crippen molar-refractivity contribution in [2.75, 3.05) is 0 Å². The summed E-state index contributed by atoms with van der Waals surface area (Å²) in [5.74, 6) is 0. The van der Waals surface area contributed by atoms with Crippen molar-refractivity contribution in [1.29, 1.82) is 5.26 Å². The number of pyridine rings is 1. The first-order chi connectivity index (χ1) is 22.8. The Balaban J connectivity index is 1.27. The summed E-state index contributed by atoms with van der Waals surface area (Å²) >= 11 is 0. The molecule has 0 radical (unpaired) electrons. The van der Waals surface area contributed by atoms with E-state index in [0.29, 0.717) is 5.56 Å². The van der Waals surface area contributed by atoms with Crippen LogP contribution in [0.1, 0.15) is 5.56 Å². The van der Waals surface area contributed by atoms with Gasteiger partial charge >= 0.3 is 0 Å². The monoisotopic (exact) mass is 586 g/mol. The van der Waals surface area contributed by atoms with E-state index in [1.165, 1.54) is 21.5 Å². The van der Waals surface area contributed by atoms with E-state index < -0.39 is 0 Å². The van der Waals surface area contributed by atoms with E-state index in [2.05, 4.69) is 149 Å². The van der Waals surface area contributed by atoms with Gasteiger partial charge in [0.25, 0.3) is 0 Å². The quantitative estimate of drug-likeness (QED) is 0.206. The largest absolute Gasteiger partial charge is 0.309 e. The summed E-state index contributed by atoms with van der Waals surface area (Å²) in [4.78, 5) is 4.97. The summed E-state index contributed by atoms with van der Waals surface area (Å²) in [5.41, 5.74) is 11.1. The lowest BCUT2D eigenvalue weighted by molar-refractivity contribution is 1.14. The molecule has 0 saturated heterocycles. The van der Waals surface area contributed by atoms with Gasteiger partial charge in [-0.05, 0) is 60.2 Å². The maximum atomic E-state index is 9.94. The van der Waals surface area contributed by atoms with Gasteiger partial charge in [-0.2, -0.15) is 5.26 Å². The molecule has 214 valence electrons. The molecule has 0 N–H and O–H groups in total. The average Bonchev–Trinajstić information content (AvgIpc) is 3.64. The molecule has 0 spiro atoms. The first-order valence-corrected chi connectivity index (χ1v) is 15.4. The highest BCUT2D eigenvalue weighted by molar-refractivity contribution is 6.11. The second-order valence-corrected chi connectivity index (χ2v) is 11.5. The molecule has 6 aromatic carbocycles. The van der Waals surface area contributed by atoms with Gasteiger partial charge in [-0.3, -0.25) is 4.98 Å². The lowest BCUT2D eigenvalue weighted by Gasteiger charge is -2.16. The third kappa shape index (κ3) is 3.89. The van der Waals surface area contributed by atoms with Crippen LogP contribution < -0.4 is 0 Å². The van der Waals surface area contributed by atoms with Crippen LogP contribution in [0.15, 0.2) is 158 Å². The third-order valence-electron chi connectivity index (χ3n) is 9.00. The first-order valence-electron chi connectivity index (χ1n) is 15.4. The number of fused-ring (bicyclic) bond motifs is 6. The van der Waals surface area contributed by atoms with Crippen molar-refractivity contribution in [3.63, 3.8) is 0 Å². The summed E-state index contributed by atoms with van der Waals surface area (Å²) in [6, 6.07) is 55.2. The Kier molecular flexibility index (Phi) is 5.84. The summed E-state index contributed by atoms with van der Waals surface area (Å²) < 4.78 is 4.61. The molecule has 4 nitrogen and oxygen atoms in total. The molecular weight excluding hydrogens is 560 g/mol. The smallest absolute Gasteiger partial charge is 0.0992 e. The van der Waals surface area contributed by atoms with Gasteiger partial charge in [-0.15, -0.1) is 0 Å². The summed E-state index contributed by atoms with van der Waals surface area (Å²) in [5, 5.41) is 14.7. The fraction of sp³-hybridized carbons (Fsp3) is 0. The van der Waals surface area contributed by atoms with Crippen LogP contribution in [-0.4, -0.2) is 14.1 Å². The van der Waals surface area contributed by atoms with Crippen molar-refractivity contribution in [2.24, 2.45) is 0 Å². The maximum absolute atomic E-state index is 9.94. The van der Waals surface area contributed by atoms with E-state index in [-0.39, 0.29) is 0 Å². The molecular formula is C42H26N4. The number of aromatic nitrogens is 3. The highest BCUT2D eigenvalue weighted by atomic mass is 15.0. The van der Waals surface area contributed by atoms with Crippen LogP contribution in [-0.2, 0) is 0 Å². The van der Waals surface area contributed by atoms with E-state index in [9.17, 15) is 5.26 Å². The molecule has 0 fully saturated rings. The summed E-state index contributed by atoms with van der Waals surface area (Å²) in [7, 11) is 0. The molecule has 0 atom stereocenters. The fourth-order valence-electron chi connectivity index (χ4n) is 7.03. The Hall–Kier alpha value is -6.44. The lowest BCUT2D eigenvalue weighted by Crippen LogP contribution is -2.00. The number of rotatable bonds is 4. The van der Waals surface area contributed by atoms with Crippen molar-refractivity contribution in [2.45, 2.75) is 0 Å². The van der Waals surface area contributed by atoms with Crippen LogP contribution in [0.2, 0.25) is 0 Å². The first kappa shape index (κ1) is 26.0. The SMILES string of the molecule is N#Cc1ccc(-c2cccc(-c3ncccc3-n3c4ccccc4c4ccccc43)c2)c(-n2c3ccccc3c3ccccc32)c1. The molecule has 0 unspecified atom stereocenters. The van der Waals surface area contributed by atoms with Crippen molar-refractivity contribution in [3.05, 3.63) is 163 Å². The molecule has 0 bridgehead atoms. The molecule has 0 aliphatic rings. The number of nitrogens with zero attached hydrogens (tertiary/aromatic N) is 4. The number of para-hydroxylation sites is 4. The van der Waals surface area contributed by atoms with Gasteiger partial charge < -0.3 is 9.13 Å². The fourth-order valence-corrected chi connectivity index (χ4v) is 7.03. The Morgan fingerprint density at radius 2 is 0.978 bits per heavy atom. The average molecular weight is 587 g/mol. The van der Waals surface area contributed by atoms with Crippen molar-refractivity contribution in [1.82, 2.24) is 14.1 Å². The molecule has 0 aliphatic carbocycles. The van der Waals surface area contributed by atoms with E-state index in [0.717, 1.165) is 55.8 Å². The third-order valence-corrected chi connectivity index (χ3v) is 9.00. The zero-order valence-corrected chi connectivity index (χ0v) is 24.8. The van der Waals surface area contributed by atoms with Crippen molar-refractivity contribution < 1.29 is 0 Å². The molecule has 9 aromatic rings. The lowest BCUT2D eigenvalue weighted by atomic mass is 9.98. The topological polar surface area (TPSA) is 46.5 Å². The molecule has 3 heterocycles. The van der Waals surface area contributed by atoms with Gasteiger partial charge in [-0.25, -0.2) is 0 Å². The second-order valence-electron chi connectivity index (χ2n) is 11.5.